The molecular formula is C23H30N2O4. The largest absolute Gasteiger partial charge is 0.497 e. The van der Waals surface area contributed by atoms with E-state index in [2.05, 4.69) is 22.3 Å². The molecule has 1 saturated heterocycles. The average molecular weight is 399 g/mol. The summed E-state index contributed by atoms with van der Waals surface area (Å²) in [5, 5.41) is 3.02. The lowest BCUT2D eigenvalue weighted by Crippen LogP contribution is -2.40. The van der Waals surface area contributed by atoms with Crippen molar-refractivity contribution in [3.63, 3.8) is 0 Å². The van der Waals surface area contributed by atoms with Gasteiger partial charge in [0, 0.05) is 12.6 Å². The predicted octanol–water partition coefficient (Wildman–Crippen LogP) is 3.04. The van der Waals surface area contributed by atoms with Crippen LogP contribution in [0.5, 0.6) is 17.2 Å². The molecule has 156 valence electrons. The van der Waals surface area contributed by atoms with Gasteiger partial charge in [0.1, 0.15) is 5.75 Å². The molecule has 29 heavy (non-hydrogen) atoms. The Bertz CT molecular complexity index is 824. The summed E-state index contributed by atoms with van der Waals surface area (Å²) in [4.78, 5) is 14.8. The van der Waals surface area contributed by atoms with Crippen LogP contribution in [0.2, 0.25) is 0 Å². The summed E-state index contributed by atoms with van der Waals surface area (Å²) in [7, 11) is 4.90. The molecule has 1 aliphatic rings. The minimum Gasteiger partial charge on any atom is -0.497 e. The van der Waals surface area contributed by atoms with Crippen LogP contribution in [0.4, 0.5) is 0 Å². The van der Waals surface area contributed by atoms with Crippen LogP contribution in [0.3, 0.4) is 0 Å². The van der Waals surface area contributed by atoms with Crippen LogP contribution in [-0.2, 0) is 17.8 Å². The quantitative estimate of drug-likeness (QED) is 0.704. The summed E-state index contributed by atoms with van der Waals surface area (Å²) in [6, 6.07) is 14.2. The van der Waals surface area contributed by atoms with Gasteiger partial charge in [0.2, 0.25) is 5.91 Å². The Morgan fingerprint density at radius 1 is 1.03 bits per heavy atom. The molecule has 1 heterocycles. The number of hydrogen-bond donors (Lipinski definition) is 1. The molecule has 0 bridgehead atoms. The van der Waals surface area contributed by atoms with Gasteiger partial charge in [-0.15, -0.1) is 0 Å². The molecule has 0 aliphatic carbocycles. The number of likely N-dealkylation sites (tertiary alicyclic amines) is 1. The number of benzene rings is 2. The van der Waals surface area contributed by atoms with Gasteiger partial charge in [0.25, 0.3) is 0 Å². The normalized spacial score (nSPS) is 16.4. The van der Waals surface area contributed by atoms with Crippen LogP contribution in [0, 0.1) is 0 Å². The van der Waals surface area contributed by atoms with Crippen molar-refractivity contribution in [1.82, 2.24) is 10.2 Å². The second-order valence-electron chi connectivity index (χ2n) is 7.29. The van der Waals surface area contributed by atoms with E-state index in [1.54, 1.807) is 21.3 Å². The minimum absolute atomic E-state index is 0.0392. The average Bonchev–Trinajstić information content (AvgIpc) is 3.18. The maximum absolute atomic E-state index is 12.5. The zero-order valence-corrected chi connectivity index (χ0v) is 17.4. The van der Waals surface area contributed by atoms with E-state index < -0.39 is 0 Å². The van der Waals surface area contributed by atoms with Crippen molar-refractivity contribution >= 4 is 5.91 Å². The summed E-state index contributed by atoms with van der Waals surface area (Å²) >= 11 is 0. The fraction of sp³-hybridized carbons (Fsp3) is 0.435. The molecule has 0 spiro atoms. The van der Waals surface area contributed by atoms with Crippen molar-refractivity contribution in [3.05, 3.63) is 53.6 Å². The first-order valence-corrected chi connectivity index (χ1v) is 9.97. The summed E-state index contributed by atoms with van der Waals surface area (Å²) < 4.78 is 15.9. The molecule has 3 rings (SSSR count). The maximum Gasteiger partial charge on any atom is 0.234 e. The number of carbonyl (C=O) groups is 1. The summed E-state index contributed by atoms with van der Waals surface area (Å²) in [6.45, 7) is 1.84. The molecule has 1 unspecified atom stereocenters. The Hall–Kier alpha value is -2.73. The van der Waals surface area contributed by atoms with E-state index in [9.17, 15) is 4.79 Å². The van der Waals surface area contributed by atoms with Crippen molar-refractivity contribution in [1.29, 1.82) is 0 Å². The monoisotopic (exact) mass is 398 g/mol. The summed E-state index contributed by atoms with van der Waals surface area (Å²) in [5.74, 6) is 2.26. The SMILES string of the molecule is COc1cccc(CC2CCCN2CC(=O)NCc2ccc(OC)c(OC)c2)c1. The molecule has 6 nitrogen and oxygen atoms in total. The Morgan fingerprint density at radius 3 is 2.62 bits per heavy atom. The fourth-order valence-corrected chi connectivity index (χ4v) is 3.84. The van der Waals surface area contributed by atoms with E-state index in [4.69, 9.17) is 14.2 Å². The van der Waals surface area contributed by atoms with Gasteiger partial charge in [-0.25, -0.2) is 0 Å². The van der Waals surface area contributed by atoms with Gasteiger partial charge in [0.05, 0.1) is 27.9 Å². The van der Waals surface area contributed by atoms with E-state index in [1.807, 2.05) is 30.3 Å². The standard InChI is InChI=1S/C23H30N2O4/c1-27-20-8-4-6-17(13-20)12-19-7-5-11-25(19)16-23(26)24-15-18-9-10-21(28-2)22(14-18)29-3/h4,6,8-10,13-14,19H,5,7,11-12,15-16H2,1-3H3,(H,24,26). The number of nitrogens with one attached hydrogen (secondary N) is 1. The van der Waals surface area contributed by atoms with Gasteiger partial charge < -0.3 is 19.5 Å². The number of ether oxygens (including phenoxy) is 3. The highest BCUT2D eigenvalue weighted by molar-refractivity contribution is 5.78. The predicted molar refractivity (Wildman–Crippen MR) is 113 cm³/mol. The smallest absolute Gasteiger partial charge is 0.234 e. The molecule has 1 N–H and O–H groups in total. The van der Waals surface area contributed by atoms with Crippen molar-refractivity contribution in [2.24, 2.45) is 0 Å². The first kappa shape index (κ1) is 21.0. The van der Waals surface area contributed by atoms with E-state index in [0.29, 0.717) is 30.6 Å². The summed E-state index contributed by atoms with van der Waals surface area (Å²) in [5.41, 5.74) is 2.22. The zero-order chi connectivity index (χ0) is 20.6. The van der Waals surface area contributed by atoms with Gasteiger partial charge >= 0.3 is 0 Å². The molecule has 1 aliphatic heterocycles. The maximum atomic E-state index is 12.5. The Morgan fingerprint density at radius 2 is 1.86 bits per heavy atom. The fourth-order valence-electron chi connectivity index (χ4n) is 3.84. The first-order valence-electron chi connectivity index (χ1n) is 9.97. The van der Waals surface area contributed by atoms with E-state index in [1.165, 1.54) is 5.56 Å². The van der Waals surface area contributed by atoms with Crippen LogP contribution in [0.25, 0.3) is 0 Å². The molecule has 6 heteroatoms. The molecular weight excluding hydrogens is 368 g/mol. The molecule has 2 aromatic carbocycles. The van der Waals surface area contributed by atoms with E-state index >= 15 is 0 Å². The Balaban J connectivity index is 1.53. The van der Waals surface area contributed by atoms with Gasteiger partial charge in [-0.3, -0.25) is 9.69 Å². The second-order valence-corrected chi connectivity index (χ2v) is 7.29. The highest BCUT2D eigenvalue weighted by Gasteiger charge is 2.26. The van der Waals surface area contributed by atoms with Crippen LogP contribution < -0.4 is 19.5 Å². The molecule has 0 saturated carbocycles. The second kappa shape index (κ2) is 10.2. The van der Waals surface area contributed by atoms with Crippen LogP contribution >= 0.6 is 0 Å². The van der Waals surface area contributed by atoms with Crippen LogP contribution in [-0.4, -0.2) is 51.3 Å². The molecule has 0 aromatic heterocycles. The third kappa shape index (κ3) is 5.64. The molecule has 1 fully saturated rings. The molecule has 2 aromatic rings. The van der Waals surface area contributed by atoms with Crippen LogP contribution in [0.15, 0.2) is 42.5 Å². The summed E-state index contributed by atoms with van der Waals surface area (Å²) in [6.07, 6.45) is 3.16. The Labute approximate surface area is 172 Å². The molecule has 1 atom stereocenters. The van der Waals surface area contributed by atoms with E-state index in [-0.39, 0.29) is 5.91 Å². The van der Waals surface area contributed by atoms with Crippen molar-refractivity contribution in [2.45, 2.75) is 31.8 Å². The number of amides is 1. The minimum atomic E-state index is 0.0392. The third-order valence-electron chi connectivity index (χ3n) is 5.39. The van der Waals surface area contributed by atoms with Gasteiger partial charge in [-0.2, -0.15) is 0 Å². The highest BCUT2D eigenvalue weighted by atomic mass is 16.5. The van der Waals surface area contributed by atoms with Crippen molar-refractivity contribution in [3.8, 4) is 17.2 Å². The van der Waals surface area contributed by atoms with Gasteiger partial charge in [-0.05, 0) is 61.2 Å². The lowest BCUT2D eigenvalue weighted by molar-refractivity contribution is -0.122. The zero-order valence-electron chi connectivity index (χ0n) is 17.4. The van der Waals surface area contributed by atoms with Gasteiger partial charge in [0.15, 0.2) is 11.5 Å². The molecule has 0 radical (unpaired) electrons. The number of methoxy groups -OCH3 is 3. The van der Waals surface area contributed by atoms with Crippen molar-refractivity contribution < 1.29 is 19.0 Å². The third-order valence-corrected chi connectivity index (χ3v) is 5.39. The lowest BCUT2D eigenvalue weighted by Gasteiger charge is -2.24. The number of nitrogens with zero attached hydrogens (tertiary/aromatic N) is 1. The Kier molecular flexibility index (Phi) is 7.36. The number of carbonyl (C=O) groups excluding carboxylic acids is 1. The van der Waals surface area contributed by atoms with E-state index in [0.717, 1.165) is 37.1 Å². The highest BCUT2D eigenvalue weighted by Crippen LogP contribution is 2.27. The molecule has 1 amide bonds. The van der Waals surface area contributed by atoms with Crippen LogP contribution in [0.1, 0.15) is 24.0 Å². The first-order chi connectivity index (χ1) is 14.1. The topological polar surface area (TPSA) is 60.0 Å². The lowest BCUT2D eigenvalue weighted by atomic mass is 10.0. The number of rotatable bonds is 9. The van der Waals surface area contributed by atoms with Crippen molar-refractivity contribution in [2.75, 3.05) is 34.4 Å². The number of hydrogen-bond acceptors (Lipinski definition) is 5. The van der Waals surface area contributed by atoms with Gasteiger partial charge in [-0.1, -0.05) is 18.2 Å².